The molecule has 0 bridgehead atoms. The second kappa shape index (κ2) is 6.57. The molecule has 1 aliphatic heterocycles. The van der Waals surface area contributed by atoms with E-state index in [4.69, 9.17) is 14.2 Å². The van der Waals surface area contributed by atoms with Crippen LogP contribution in [0.25, 0.3) is 10.8 Å². The quantitative estimate of drug-likeness (QED) is 0.507. The van der Waals surface area contributed by atoms with E-state index >= 15 is 0 Å². The van der Waals surface area contributed by atoms with Crippen molar-refractivity contribution in [2.75, 3.05) is 20.3 Å². The van der Waals surface area contributed by atoms with Gasteiger partial charge in [0, 0.05) is 5.56 Å². The number of hydrogen-bond donors (Lipinski definition) is 0. The fraction of sp³-hybridized carbons (Fsp3) is 0.190. The standard InChI is InChI=1S/C21H18O4/c1-23-16-9-6-15(7-10-16)21(22)20-18-5-3-2-4-14(18)8-11-19(20)25-13-17-12-24-17/h2-11,17H,12-13H2,1H3. The van der Waals surface area contributed by atoms with E-state index < -0.39 is 0 Å². The molecule has 4 rings (SSSR count). The topological polar surface area (TPSA) is 48.1 Å². The smallest absolute Gasteiger partial charge is 0.197 e. The molecule has 1 saturated heterocycles. The predicted molar refractivity (Wildman–Crippen MR) is 95.6 cm³/mol. The van der Waals surface area contributed by atoms with Crippen LogP contribution >= 0.6 is 0 Å². The molecule has 0 amide bonds. The summed E-state index contributed by atoms with van der Waals surface area (Å²) in [7, 11) is 1.60. The van der Waals surface area contributed by atoms with Crippen LogP contribution in [-0.2, 0) is 4.74 Å². The van der Waals surface area contributed by atoms with E-state index in [2.05, 4.69) is 0 Å². The summed E-state index contributed by atoms with van der Waals surface area (Å²) in [5.74, 6) is 1.25. The molecule has 0 spiro atoms. The van der Waals surface area contributed by atoms with Gasteiger partial charge in [0.1, 0.15) is 24.2 Å². The first-order valence-corrected chi connectivity index (χ1v) is 8.21. The van der Waals surface area contributed by atoms with Gasteiger partial charge in [-0.3, -0.25) is 4.79 Å². The third kappa shape index (κ3) is 3.21. The number of epoxide rings is 1. The van der Waals surface area contributed by atoms with Crippen LogP contribution < -0.4 is 9.47 Å². The molecule has 1 fully saturated rings. The van der Waals surface area contributed by atoms with E-state index in [-0.39, 0.29) is 11.9 Å². The van der Waals surface area contributed by atoms with Crippen molar-refractivity contribution in [3.05, 3.63) is 71.8 Å². The van der Waals surface area contributed by atoms with Crippen LogP contribution in [0.5, 0.6) is 11.5 Å². The highest BCUT2D eigenvalue weighted by molar-refractivity contribution is 6.18. The summed E-state index contributed by atoms with van der Waals surface area (Å²) < 4.78 is 16.3. The van der Waals surface area contributed by atoms with Gasteiger partial charge >= 0.3 is 0 Å². The molecule has 0 radical (unpaired) electrons. The minimum atomic E-state index is -0.0637. The Kier molecular flexibility index (Phi) is 4.12. The average Bonchev–Trinajstić information content (AvgIpc) is 3.50. The third-order valence-corrected chi connectivity index (χ3v) is 4.30. The number of carbonyl (C=O) groups excluding carboxylic acids is 1. The molecule has 0 N–H and O–H groups in total. The van der Waals surface area contributed by atoms with Crippen LogP contribution in [0.2, 0.25) is 0 Å². The Bertz CT molecular complexity index is 911. The van der Waals surface area contributed by atoms with Crippen molar-refractivity contribution >= 4 is 16.6 Å². The summed E-state index contributed by atoms with van der Waals surface area (Å²) in [6.07, 6.45) is 0.135. The number of fused-ring (bicyclic) bond motifs is 1. The molecule has 3 aromatic rings. The number of carbonyl (C=O) groups is 1. The molecule has 0 aliphatic carbocycles. The average molecular weight is 334 g/mol. The Morgan fingerprint density at radius 1 is 1.08 bits per heavy atom. The molecule has 4 nitrogen and oxygen atoms in total. The molecular formula is C21H18O4. The lowest BCUT2D eigenvalue weighted by molar-refractivity contribution is 0.103. The lowest BCUT2D eigenvalue weighted by Crippen LogP contribution is -2.10. The summed E-state index contributed by atoms with van der Waals surface area (Å²) >= 11 is 0. The van der Waals surface area contributed by atoms with E-state index in [1.165, 1.54) is 0 Å². The van der Waals surface area contributed by atoms with E-state index in [1.807, 2.05) is 36.4 Å². The zero-order valence-corrected chi connectivity index (χ0v) is 13.9. The zero-order chi connectivity index (χ0) is 17.2. The van der Waals surface area contributed by atoms with Crippen LogP contribution in [0.3, 0.4) is 0 Å². The Morgan fingerprint density at radius 3 is 2.56 bits per heavy atom. The maximum Gasteiger partial charge on any atom is 0.197 e. The summed E-state index contributed by atoms with van der Waals surface area (Å²) in [5.41, 5.74) is 1.19. The van der Waals surface area contributed by atoms with Gasteiger partial charge in [-0.15, -0.1) is 0 Å². The predicted octanol–water partition coefficient (Wildman–Crippen LogP) is 3.86. The van der Waals surface area contributed by atoms with E-state index in [1.54, 1.807) is 31.4 Å². The summed E-state index contributed by atoms with van der Waals surface area (Å²) in [6.45, 7) is 1.18. The van der Waals surface area contributed by atoms with Gasteiger partial charge in [-0.2, -0.15) is 0 Å². The number of hydrogen-bond acceptors (Lipinski definition) is 4. The lowest BCUT2D eigenvalue weighted by atomic mass is 9.96. The molecule has 126 valence electrons. The van der Waals surface area contributed by atoms with Crippen molar-refractivity contribution in [3.8, 4) is 11.5 Å². The van der Waals surface area contributed by atoms with Crippen molar-refractivity contribution in [1.29, 1.82) is 0 Å². The summed E-state index contributed by atoms with van der Waals surface area (Å²) in [5, 5.41) is 1.90. The minimum Gasteiger partial charge on any atom is -0.497 e. The third-order valence-electron chi connectivity index (χ3n) is 4.30. The largest absolute Gasteiger partial charge is 0.497 e. The number of methoxy groups -OCH3 is 1. The van der Waals surface area contributed by atoms with Crippen LogP contribution in [0.4, 0.5) is 0 Å². The molecule has 0 saturated carbocycles. The first-order valence-electron chi connectivity index (χ1n) is 8.21. The van der Waals surface area contributed by atoms with Gasteiger partial charge in [0.2, 0.25) is 0 Å². The molecule has 0 aromatic heterocycles. The van der Waals surface area contributed by atoms with Gasteiger partial charge in [-0.05, 0) is 41.1 Å². The highest BCUT2D eigenvalue weighted by atomic mass is 16.6. The highest BCUT2D eigenvalue weighted by Gasteiger charge is 2.25. The maximum absolute atomic E-state index is 13.2. The van der Waals surface area contributed by atoms with Gasteiger partial charge in [0.05, 0.1) is 19.3 Å². The van der Waals surface area contributed by atoms with Gasteiger partial charge in [-0.25, -0.2) is 0 Å². The molecule has 4 heteroatoms. The SMILES string of the molecule is COc1ccc(C(=O)c2c(OCC3CO3)ccc3ccccc23)cc1. The Balaban J connectivity index is 1.78. The molecule has 1 unspecified atom stereocenters. The highest BCUT2D eigenvalue weighted by Crippen LogP contribution is 2.31. The first kappa shape index (κ1) is 15.7. The molecule has 3 aromatic carbocycles. The molecule has 1 atom stereocenters. The van der Waals surface area contributed by atoms with Gasteiger partial charge in [-0.1, -0.05) is 30.3 Å². The fourth-order valence-corrected chi connectivity index (χ4v) is 2.84. The molecule has 1 aliphatic rings. The number of ketones is 1. The van der Waals surface area contributed by atoms with Crippen LogP contribution in [-0.4, -0.2) is 32.2 Å². The number of benzene rings is 3. The van der Waals surface area contributed by atoms with Crippen molar-refractivity contribution in [3.63, 3.8) is 0 Å². The number of rotatable bonds is 6. The normalized spacial score (nSPS) is 15.8. The molecule has 25 heavy (non-hydrogen) atoms. The molecular weight excluding hydrogens is 316 g/mol. The summed E-state index contributed by atoms with van der Waals surface area (Å²) in [4.78, 5) is 13.2. The lowest BCUT2D eigenvalue weighted by Gasteiger charge is -2.13. The second-order valence-corrected chi connectivity index (χ2v) is 5.98. The van der Waals surface area contributed by atoms with E-state index in [9.17, 15) is 4.79 Å². The number of ether oxygens (including phenoxy) is 3. The van der Waals surface area contributed by atoms with Gasteiger partial charge < -0.3 is 14.2 Å². The van der Waals surface area contributed by atoms with Crippen molar-refractivity contribution in [2.24, 2.45) is 0 Å². The van der Waals surface area contributed by atoms with Crippen LogP contribution in [0.1, 0.15) is 15.9 Å². The second-order valence-electron chi connectivity index (χ2n) is 5.98. The fourth-order valence-electron chi connectivity index (χ4n) is 2.84. The maximum atomic E-state index is 13.2. The van der Waals surface area contributed by atoms with Crippen molar-refractivity contribution in [1.82, 2.24) is 0 Å². The summed E-state index contributed by atoms with van der Waals surface area (Å²) in [6, 6.07) is 18.8. The van der Waals surface area contributed by atoms with Gasteiger partial charge in [0.15, 0.2) is 5.78 Å². The Morgan fingerprint density at radius 2 is 1.84 bits per heavy atom. The monoisotopic (exact) mass is 334 g/mol. The van der Waals surface area contributed by atoms with Gasteiger partial charge in [0.25, 0.3) is 0 Å². The van der Waals surface area contributed by atoms with Crippen molar-refractivity contribution < 1.29 is 19.0 Å². The van der Waals surface area contributed by atoms with E-state index in [0.29, 0.717) is 23.5 Å². The van der Waals surface area contributed by atoms with Crippen LogP contribution in [0, 0.1) is 0 Å². The Hall–Kier alpha value is -2.85. The Labute approximate surface area is 145 Å². The zero-order valence-electron chi connectivity index (χ0n) is 13.9. The molecule has 1 heterocycles. The van der Waals surface area contributed by atoms with E-state index in [0.717, 1.165) is 23.1 Å². The van der Waals surface area contributed by atoms with Crippen LogP contribution in [0.15, 0.2) is 60.7 Å². The minimum absolute atomic E-state index is 0.0637. The van der Waals surface area contributed by atoms with Crippen molar-refractivity contribution in [2.45, 2.75) is 6.10 Å². The first-order chi connectivity index (χ1) is 12.3.